The van der Waals surface area contributed by atoms with E-state index in [0.717, 1.165) is 12.2 Å². The molecule has 0 aliphatic carbocycles. The predicted octanol–water partition coefficient (Wildman–Crippen LogP) is 0.279. The van der Waals surface area contributed by atoms with E-state index in [1.165, 1.54) is 17.3 Å². The second-order valence-corrected chi connectivity index (χ2v) is 5.34. The van der Waals surface area contributed by atoms with Crippen LogP contribution >= 0.6 is 11.8 Å². The number of carboxylic acid groups (broad SMARTS) is 1. The second kappa shape index (κ2) is 9.82. The molecule has 0 saturated carbocycles. The summed E-state index contributed by atoms with van der Waals surface area (Å²) in [5, 5.41) is 13.0. The van der Waals surface area contributed by atoms with Gasteiger partial charge in [0, 0.05) is 0 Å². The lowest BCUT2D eigenvalue weighted by Crippen LogP contribution is -2.39. The molecule has 3 N–H and O–H groups in total. The number of carbonyl (C=O) groups is 3. The van der Waals surface area contributed by atoms with Crippen LogP contribution in [0.25, 0.3) is 0 Å². The molecule has 0 bridgehead atoms. The number of benzene rings is 1. The molecular weight excluding hydrogens is 292 g/mol. The van der Waals surface area contributed by atoms with E-state index in [1.54, 1.807) is 0 Å². The third kappa shape index (κ3) is 8.69. The number of amides is 2. The van der Waals surface area contributed by atoms with E-state index in [0.29, 0.717) is 0 Å². The van der Waals surface area contributed by atoms with Gasteiger partial charge in [0.15, 0.2) is 0 Å². The van der Waals surface area contributed by atoms with Crippen LogP contribution in [0.2, 0.25) is 0 Å². The zero-order valence-corrected chi connectivity index (χ0v) is 12.3. The minimum atomic E-state index is -1.12. The molecule has 1 aromatic rings. The first-order chi connectivity index (χ1) is 10.1. The molecule has 21 heavy (non-hydrogen) atoms. The van der Waals surface area contributed by atoms with Crippen molar-refractivity contribution < 1.29 is 19.5 Å². The molecular formula is C14H18N2O4S. The number of aliphatic carboxylic acids is 1. The molecule has 0 unspecified atom stereocenters. The van der Waals surface area contributed by atoms with Crippen LogP contribution in [-0.4, -0.2) is 47.5 Å². The maximum atomic E-state index is 11.5. The fourth-order valence-electron chi connectivity index (χ4n) is 1.47. The van der Waals surface area contributed by atoms with Crippen LogP contribution in [-0.2, 0) is 20.8 Å². The number of rotatable bonds is 9. The van der Waals surface area contributed by atoms with Gasteiger partial charge in [-0.2, -0.15) is 11.8 Å². The minimum Gasteiger partial charge on any atom is -0.480 e. The van der Waals surface area contributed by atoms with Gasteiger partial charge in [-0.25, -0.2) is 0 Å². The lowest BCUT2D eigenvalue weighted by Gasteiger charge is -2.05. The van der Waals surface area contributed by atoms with Gasteiger partial charge in [-0.1, -0.05) is 30.3 Å². The van der Waals surface area contributed by atoms with E-state index < -0.39 is 18.4 Å². The number of hydrogen-bond donors (Lipinski definition) is 3. The number of nitrogens with one attached hydrogen (secondary N) is 2. The van der Waals surface area contributed by atoms with Gasteiger partial charge >= 0.3 is 5.97 Å². The summed E-state index contributed by atoms with van der Waals surface area (Å²) in [5.74, 6) is -0.772. The fraction of sp³-hybridized carbons (Fsp3) is 0.357. The van der Waals surface area contributed by atoms with E-state index in [-0.39, 0.29) is 18.2 Å². The van der Waals surface area contributed by atoms with Crippen molar-refractivity contribution in [3.05, 3.63) is 35.9 Å². The van der Waals surface area contributed by atoms with Gasteiger partial charge in [-0.05, 0) is 17.7 Å². The molecule has 7 heteroatoms. The molecule has 1 aromatic carbocycles. The van der Waals surface area contributed by atoms with Crippen molar-refractivity contribution in [3.8, 4) is 0 Å². The van der Waals surface area contributed by atoms with Crippen LogP contribution in [0.5, 0.6) is 0 Å². The maximum absolute atomic E-state index is 11.5. The molecule has 0 aromatic heterocycles. The van der Waals surface area contributed by atoms with Crippen LogP contribution in [0, 0.1) is 0 Å². The molecule has 0 radical (unpaired) electrons. The highest BCUT2D eigenvalue weighted by Crippen LogP contribution is 2.06. The highest BCUT2D eigenvalue weighted by atomic mass is 32.2. The number of carbonyl (C=O) groups excluding carboxylic acids is 2. The highest BCUT2D eigenvalue weighted by Gasteiger charge is 2.06. The van der Waals surface area contributed by atoms with Crippen molar-refractivity contribution in [1.82, 2.24) is 10.6 Å². The molecule has 2 amide bonds. The number of hydrogen-bond acceptors (Lipinski definition) is 4. The van der Waals surface area contributed by atoms with Crippen molar-refractivity contribution in [2.24, 2.45) is 0 Å². The van der Waals surface area contributed by atoms with E-state index >= 15 is 0 Å². The first-order valence-corrected chi connectivity index (χ1v) is 7.60. The summed E-state index contributed by atoms with van der Waals surface area (Å²) in [4.78, 5) is 32.9. The molecule has 114 valence electrons. The Kier molecular flexibility index (Phi) is 7.96. The van der Waals surface area contributed by atoms with Gasteiger partial charge in [-0.3, -0.25) is 14.4 Å². The summed E-state index contributed by atoms with van der Waals surface area (Å²) in [5.41, 5.74) is 1.22. The van der Waals surface area contributed by atoms with Crippen LogP contribution in [0.15, 0.2) is 30.3 Å². The van der Waals surface area contributed by atoms with E-state index in [1.807, 2.05) is 30.3 Å². The average molecular weight is 310 g/mol. The van der Waals surface area contributed by atoms with Crippen molar-refractivity contribution in [3.63, 3.8) is 0 Å². The SMILES string of the molecule is O=C(O)CNC(=O)CNC(=O)CSCCc1ccccc1. The molecule has 1 rings (SSSR count). The zero-order valence-electron chi connectivity index (χ0n) is 11.5. The number of carboxylic acids is 1. The largest absolute Gasteiger partial charge is 0.480 e. The van der Waals surface area contributed by atoms with Crippen molar-refractivity contribution in [2.45, 2.75) is 6.42 Å². The smallest absolute Gasteiger partial charge is 0.322 e. The molecule has 0 atom stereocenters. The summed E-state index contributed by atoms with van der Waals surface area (Å²) in [6.45, 7) is -0.647. The monoisotopic (exact) mass is 310 g/mol. The highest BCUT2D eigenvalue weighted by molar-refractivity contribution is 7.99. The molecule has 0 fully saturated rings. The Morgan fingerprint density at radius 1 is 1.00 bits per heavy atom. The Morgan fingerprint density at radius 2 is 1.67 bits per heavy atom. The van der Waals surface area contributed by atoms with Gasteiger partial charge in [0.05, 0.1) is 12.3 Å². The molecule has 0 spiro atoms. The molecule has 0 aliphatic rings. The van der Waals surface area contributed by atoms with Gasteiger partial charge in [0.1, 0.15) is 6.54 Å². The third-order valence-corrected chi connectivity index (χ3v) is 3.45. The topological polar surface area (TPSA) is 95.5 Å². The lowest BCUT2D eigenvalue weighted by atomic mass is 10.2. The molecule has 0 heterocycles. The van der Waals surface area contributed by atoms with Crippen LogP contribution in [0.4, 0.5) is 0 Å². The third-order valence-electron chi connectivity index (χ3n) is 2.49. The van der Waals surface area contributed by atoms with E-state index in [2.05, 4.69) is 10.6 Å². The Morgan fingerprint density at radius 3 is 2.33 bits per heavy atom. The summed E-state index contributed by atoms with van der Waals surface area (Å²) in [6, 6.07) is 9.98. The fourth-order valence-corrected chi connectivity index (χ4v) is 2.28. The predicted molar refractivity (Wildman–Crippen MR) is 81.1 cm³/mol. The summed E-state index contributed by atoms with van der Waals surface area (Å²) >= 11 is 1.49. The van der Waals surface area contributed by atoms with Crippen molar-refractivity contribution in [2.75, 3.05) is 24.6 Å². The first-order valence-electron chi connectivity index (χ1n) is 6.45. The second-order valence-electron chi connectivity index (χ2n) is 4.24. The van der Waals surface area contributed by atoms with Crippen LogP contribution in [0.1, 0.15) is 5.56 Å². The van der Waals surface area contributed by atoms with E-state index in [4.69, 9.17) is 5.11 Å². The first kappa shape index (κ1) is 17.0. The minimum absolute atomic E-state index is 0.203. The number of thioether (sulfide) groups is 1. The summed E-state index contributed by atoms with van der Waals surface area (Å²) in [6.07, 6.45) is 0.887. The Bertz CT molecular complexity index is 479. The summed E-state index contributed by atoms with van der Waals surface area (Å²) < 4.78 is 0. The van der Waals surface area contributed by atoms with Gasteiger partial charge in [0.2, 0.25) is 11.8 Å². The van der Waals surface area contributed by atoms with Crippen molar-refractivity contribution >= 4 is 29.5 Å². The number of aryl methyl sites for hydroxylation is 1. The zero-order chi connectivity index (χ0) is 15.5. The average Bonchev–Trinajstić information content (AvgIpc) is 2.48. The Balaban J connectivity index is 2.06. The normalized spacial score (nSPS) is 9.90. The van der Waals surface area contributed by atoms with Crippen LogP contribution in [0.3, 0.4) is 0 Å². The molecule has 0 saturated heterocycles. The van der Waals surface area contributed by atoms with Crippen LogP contribution < -0.4 is 10.6 Å². The van der Waals surface area contributed by atoms with E-state index in [9.17, 15) is 14.4 Å². The van der Waals surface area contributed by atoms with Crippen molar-refractivity contribution in [1.29, 1.82) is 0 Å². The Labute approximate surface area is 127 Å². The van der Waals surface area contributed by atoms with Gasteiger partial charge in [0.25, 0.3) is 0 Å². The molecule has 6 nitrogen and oxygen atoms in total. The summed E-state index contributed by atoms with van der Waals surface area (Å²) in [7, 11) is 0. The van der Waals surface area contributed by atoms with Gasteiger partial charge < -0.3 is 15.7 Å². The quantitative estimate of drug-likeness (QED) is 0.569. The molecule has 0 aliphatic heterocycles. The Hall–Kier alpha value is -2.02. The maximum Gasteiger partial charge on any atom is 0.322 e. The lowest BCUT2D eigenvalue weighted by molar-refractivity contribution is -0.137. The van der Waals surface area contributed by atoms with Gasteiger partial charge in [-0.15, -0.1) is 0 Å². The standard InChI is InChI=1S/C14H18N2O4S/c17-12(16-9-14(19)20)8-15-13(18)10-21-7-6-11-4-2-1-3-5-11/h1-5H,6-10H2,(H,15,18)(H,16,17)(H,19,20).